The summed E-state index contributed by atoms with van der Waals surface area (Å²) >= 11 is 0. The topological polar surface area (TPSA) is 95.5 Å². The Kier molecular flexibility index (Phi) is 7.67. The Balaban J connectivity index is 2.44. The smallest absolute Gasteiger partial charge is 0.326 e. The van der Waals surface area contributed by atoms with Gasteiger partial charge in [0.15, 0.2) is 0 Å². The molecule has 1 rings (SSSR count). The molecule has 0 saturated carbocycles. The molecule has 120 valence electrons. The summed E-state index contributed by atoms with van der Waals surface area (Å²) in [5.74, 6) is -1.73. The molecule has 0 aliphatic heterocycles. The molecule has 0 saturated heterocycles. The maximum atomic E-state index is 11.8. The number of aliphatic carboxylic acids is 1. The van der Waals surface area contributed by atoms with E-state index in [4.69, 9.17) is 0 Å². The average molecular weight is 306 g/mol. The van der Waals surface area contributed by atoms with Crippen LogP contribution in [0.1, 0.15) is 31.7 Å². The Bertz CT molecular complexity index is 502. The number of nitrogens with one attached hydrogen (secondary N) is 2. The number of rotatable bonds is 9. The van der Waals surface area contributed by atoms with Crippen LogP contribution >= 0.6 is 0 Å². The van der Waals surface area contributed by atoms with Crippen molar-refractivity contribution in [2.45, 2.75) is 38.6 Å². The van der Waals surface area contributed by atoms with Crippen molar-refractivity contribution in [1.29, 1.82) is 0 Å². The second-order valence-corrected chi connectivity index (χ2v) is 5.00. The summed E-state index contributed by atoms with van der Waals surface area (Å²) in [5, 5.41) is 14.3. The van der Waals surface area contributed by atoms with Crippen molar-refractivity contribution in [1.82, 2.24) is 10.6 Å². The first-order valence-corrected chi connectivity index (χ1v) is 7.35. The summed E-state index contributed by atoms with van der Waals surface area (Å²) < 4.78 is 0. The van der Waals surface area contributed by atoms with E-state index in [-0.39, 0.29) is 25.2 Å². The SMILES string of the molecule is CCCNC(=O)CCC(=O)N[C@H](Cc1ccccc1)C(=O)O. The third-order valence-electron chi connectivity index (χ3n) is 3.07. The Labute approximate surface area is 129 Å². The predicted octanol–water partition coefficient (Wildman–Crippen LogP) is 1.10. The van der Waals surface area contributed by atoms with Gasteiger partial charge in [0.2, 0.25) is 11.8 Å². The Morgan fingerprint density at radius 1 is 1.09 bits per heavy atom. The molecule has 1 atom stereocenters. The van der Waals surface area contributed by atoms with Gasteiger partial charge >= 0.3 is 5.97 Å². The minimum Gasteiger partial charge on any atom is -0.480 e. The number of carbonyl (C=O) groups is 3. The molecule has 2 amide bonds. The summed E-state index contributed by atoms with van der Waals surface area (Å²) in [4.78, 5) is 34.4. The van der Waals surface area contributed by atoms with Crippen LogP contribution in [0.3, 0.4) is 0 Å². The number of carboxylic acid groups (broad SMARTS) is 1. The van der Waals surface area contributed by atoms with Crippen LogP contribution in [0.2, 0.25) is 0 Å². The molecule has 3 N–H and O–H groups in total. The van der Waals surface area contributed by atoms with Gasteiger partial charge in [0.25, 0.3) is 0 Å². The standard InChI is InChI=1S/C16H22N2O4/c1-2-10-17-14(19)8-9-15(20)18-13(16(21)22)11-12-6-4-3-5-7-12/h3-7,13H,2,8-11H2,1H3,(H,17,19)(H,18,20)(H,21,22)/t13-/m1/s1. The second-order valence-electron chi connectivity index (χ2n) is 5.00. The zero-order valence-corrected chi connectivity index (χ0v) is 12.7. The van der Waals surface area contributed by atoms with Crippen LogP contribution in [0.15, 0.2) is 30.3 Å². The zero-order chi connectivity index (χ0) is 16.4. The molecular weight excluding hydrogens is 284 g/mol. The van der Waals surface area contributed by atoms with Gasteiger partial charge < -0.3 is 15.7 Å². The molecule has 0 radical (unpaired) electrons. The Morgan fingerprint density at radius 3 is 2.32 bits per heavy atom. The van der Waals surface area contributed by atoms with E-state index in [1.165, 1.54) is 0 Å². The summed E-state index contributed by atoms with van der Waals surface area (Å²) in [6, 6.07) is 8.09. The van der Waals surface area contributed by atoms with Gasteiger partial charge in [0.05, 0.1) is 0 Å². The van der Waals surface area contributed by atoms with Crippen molar-refractivity contribution >= 4 is 17.8 Å². The first-order valence-electron chi connectivity index (χ1n) is 7.35. The number of benzene rings is 1. The molecule has 6 nitrogen and oxygen atoms in total. The van der Waals surface area contributed by atoms with Gasteiger partial charge in [-0.2, -0.15) is 0 Å². The molecule has 1 aromatic carbocycles. The van der Waals surface area contributed by atoms with E-state index in [9.17, 15) is 19.5 Å². The molecule has 22 heavy (non-hydrogen) atoms. The number of hydrogen-bond donors (Lipinski definition) is 3. The van der Waals surface area contributed by atoms with E-state index in [1.54, 1.807) is 12.1 Å². The predicted molar refractivity (Wildman–Crippen MR) is 82.2 cm³/mol. The van der Waals surface area contributed by atoms with Crippen LogP contribution in [0, 0.1) is 0 Å². The lowest BCUT2D eigenvalue weighted by atomic mass is 10.1. The number of carboxylic acids is 1. The van der Waals surface area contributed by atoms with E-state index >= 15 is 0 Å². The van der Waals surface area contributed by atoms with Gasteiger partial charge in [-0.3, -0.25) is 9.59 Å². The maximum absolute atomic E-state index is 11.8. The van der Waals surface area contributed by atoms with Crippen molar-refractivity contribution in [2.24, 2.45) is 0 Å². The molecule has 0 fully saturated rings. The highest BCUT2D eigenvalue weighted by Crippen LogP contribution is 2.04. The first-order chi connectivity index (χ1) is 10.5. The molecule has 0 unspecified atom stereocenters. The van der Waals surface area contributed by atoms with Crippen molar-refractivity contribution < 1.29 is 19.5 Å². The van der Waals surface area contributed by atoms with Crippen molar-refractivity contribution in [3.8, 4) is 0 Å². The normalized spacial score (nSPS) is 11.5. The summed E-state index contributed by atoms with van der Waals surface area (Å²) in [7, 11) is 0. The lowest BCUT2D eigenvalue weighted by molar-refractivity contribution is -0.141. The fourth-order valence-electron chi connectivity index (χ4n) is 1.90. The highest BCUT2D eigenvalue weighted by atomic mass is 16.4. The summed E-state index contributed by atoms with van der Waals surface area (Å²) in [5.41, 5.74) is 0.830. The molecule has 6 heteroatoms. The molecule has 0 heterocycles. The van der Waals surface area contributed by atoms with E-state index in [0.717, 1.165) is 12.0 Å². The van der Waals surface area contributed by atoms with Crippen molar-refractivity contribution in [3.05, 3.63) is 35.9 Å². The van der Waals surface area contributed by atoms with Gasteiger partial charge in [-0.1, -0.05) is 37.3 Å². The maximum Gasteiger partial charge on any atom is 0.326 e. The minimum atomic E-state index is -1.09. The van der Waals surface area contributed by atoms with Crippen LogP contribution in [0.25, 0.3) is 0 Å². The molecule has 0 aliphatic rings. The number of amides is 2. The Morgan fingerprint density at radius 2 is 1.73 bits per heavy atom. The lowest BCUT2D eigenvalue weighted by Crippen LogP contribution is -2.42. The second kappa shape index (κ2) is 9.55. The number of carbonyl (C=O) groups excluding carboxylic acids is 2. The summed E-state index contributed by atoms with van der Waals surface area (Å²) in [6.07, 6.45) is 1.08. The van der Waals surface area contributed by atoms with Crippen LogP contribution in [-0.2, 0) is 20.8 Å². The first kappa shape index (κ1) is 17.7. The third-order valence-corrected chi connectivity index (χ3v) is 3.07. The van der Waals surface area contributed by atoms with Crippen LogP contribution in [0.4, 0.5) is 0 Å². The minimum absolute atomic E-state index is 0.0197. The molecular formula is C16H22N2O4. The molecule has 0 aliphatic carbocycles. The molecule has 1 aromatic rings. The van der Waals surface area contributed by atoms with E-state index in [0.29, 0.717) is 6.54 Å². The van der Waals surface area contributed by atoms with Gasteiger partial charge in [0, 0.05) is 25.8 Å². The van der Waals surface area contributed by atoms with Crippen molar-refractivity contribution in [2.75, 3.05) is 6.54 Å². The molecule has 0 aromatic heterocycles. The van der Waals surface area contributed by atoms with Gasteiger partial charge in [0.1, 0.15) is 6.04 Å². The largest absolute Gasteiger partial charge is 0.480 e. The zero-order valence-electron chi connectivity index (χ0n) is 12.7. The van der Waals surface area contributed by atoms with Gasteiger partial charge in [-0.15, -0.1) is 0 Å². The van der Waals surface area contributed by atoms with Crippen LogP contribution in [0.5, 0.6) is 0 Å². The highest BCUT2D eigenvalue weighted by molar-refractivity contribution is 5.87. The average Bonchev–Trinajstić information content (AvgIpc) is 2.51. The quantitative estimate of drug-likeness (QED) is 0.637. The van der Waals surface area contributed by atoms with Crippen LogP contribution < -0.4 is 10.6 Å². The third kappa shape index (κ3) is 6.88. The number of hydrogen-bond acceptors (Lipinski definition) is 3. The van der Waals surface area contributed by atoms with E-state index < -0.39 is 17.9 Å². The van der Waals surface area contributed by atoms with Crippen LogP contribution in [-0.4, -0.2) is 35.5 Å². The highest BCUT2D eigenvalue weighted by Gasteiger charge is 2.20. The van der Waals surface area contributed by atoms with Gasteiger partial charge in [-0.05, 0) is 12.0 Å². The van der Waals surface area contributed by atoms with E-state index in [2.05, 4.69) is 10.6 Å². The van der Waals surface area contributed by atoms with Crippen molar-refractivity contribution in [3.63, 3.8) is 0 Å². The lowest BCUT2D eigenvalue weighted by Gasteiger charge is -2.14. The van der Waals surface area contributed by atoms with E-state index in [1.807, 2.05) is 25.1 Å². The summed E-state index contributed by atoms with van der Waals surface area (Å²) in [6.45, 7) is 2.51. The molecule has 0 bridgehead atoms. The Hall–Kier alpha value is -2.37. The van der Waals surface area contributed by atoms with Gasteiger partial charge in [-0.25, -0.2) is 4.79 Å². The molecule has 0 spiro atoms. The fourth-order valence-corrected chi connectivity index (χ4v) is 1.90. The fraction of sp³-hybridized carbons (Fsp3) is 0.438. The monoisotopic (exact) mass is 306 g/mol.